The smallest absolute Gasteiger partial charge is 0.323 e. The zero-order valence-corrected chi connectivity index (χ0v) is 19.6. The summed E-state index contributed by atoms with van der Waals surface area (Å²) in [6, 6.07) is -1.33. The SMILES string of the molecule is CCC(COO)N1CCN(CC(=O)O)CCN(C(CO)C(=O)O)CCN(C(C)COO)CC1. The standard InChI is InChI=1S/C20H40N4O9/c1-3-17(15-33-31)23-6-4-21(12-19(26)27)5-7-24(18(13-25)20(28)29)11-9-22(8-10-23)16(2)14-32-30/h16-18,25,30-31H,3-15H2,1-2H3,(H,26,27)(H,28,29). The van der Waals surface area contributed by atoms with Crippen LogP contribution in [0.4, 0.5) is 0 Å². The van der Waals surface area contributed by atoms with E-state index in [-0.39, 0.29) is 38.4 Å². The van der Waals surface area contributed by atoms with Crippen molar-refractivity contribution in [1.29, 1.82) is 0 Å². The summed E-state index contributed by atoms with van der Waals surface area (Å²) in [4.78, 5) is 39.4. The third-order valence-corrected chi connectivity index (χ3v) is 6.21. The summed E-state index contributed by atoms with van der Waals surface area (Å²) in [5, 5.41) is 46.4. The molecule has 0 aromatic heterocycles. The number of hydrogen-bond donors (Lipinski definition) is 5. The van der Waals surface area contributed by atoms with Gasteiger partial charge in [0.05, 0.1) is 26.4 Å². The highest BCUT2D eigenvalue weighted by Gasteiger charge is 2.28. The van der Waals surface area contributed by atoms with Crippen molar-refractivity contribution >= 4 is 11.9 Å². The maximum absolute atomic E-state index is 11.7. The van der Waals surface area contributed by atoms with Gasteiger partial charge in [0, 0.05) is 64.4 Å². The molecule has 0 bridgehead atoms. The van der Waals surface area contributed by atoms with Crippen LogP contribution in [0.2, 0.25) is 0 Å². The van der Waals surface area contributed by atoms with Crippen molar-refractivity contribution < 1.29 is 45.2 Å². The van der Waals surface area contributed by atoms with E-state index in [9.17, 15) is 24.9 Å². The Balaban J connectivity index is 3.15. The van der Waals surface area contributed by atoms with Crippen molar-refractivity contribution in [2.24, 2.45) is 0 Å². The Labute approximate surface area is 194 Å². The minimum absolute atomic E-state index is 0.0712. The van der Waals surface area contributed by atoms with E-state index in [4.69, 9.17) is 10.5 Å². The largest absolute Gasteiger partial charge is 0.480 e. The van der Waals surface area contributed by atoms with Gasteiger partial charge in [-0.2, -0.15) is 0 Å². The van der Waals surface area contributed by atoms with Crippen LogP contribution in [0.25, 0.3) is 0 Å². The van der Waals surface area contributed by atoms with Gasteiger partial charge >= 0.3 is 11.9 Å². The highest BCUT2D eigenvalue weighted by molar-refractivity contribution is 5.73. The third kappa shape index (κ3) is 10.6. The van der Waals surface area contributed by atoms with Crippen molar-refractivity contribution in [2.45, 2.75) is 38.4 Å². The lowest BCUT2D eigenvalue weighted by atomic mass is 10.1. The molecule has 0 amide bonds. The molecule has 0 saturated carbocycles. The molecule has 0 radical (unpaired) electrons. The van der Waals surface area contributed by atoms with Crippen molar-refractivity contribution in [1.82, 2.24) is 19.6 Å². The fraction of sp³-hybridized carbons (Fsp3) is 0.900. The molecule has 0 aromatic rings. The molecule has 1 heterocycles. The Morgan fingerprint density at radius 3 is 1.85 bits per heavy atom. The topological polar surface area (TPSA) is 167 Å². The van der Waals surface area contributed by atoms with E-state index in [1.54, 1.807) is 9.80 Å². The molecule has 1 saturated heterocycles. The van der Waals surface area contributed by atoms with Gasteiger partial charge in [0.2, 0.25) is 0 Å². The van der Waals surface area contributed by atoms with Gasteiger partial charge in [-0.1, -0.05) is 6.92 Å². The van der Waals surface area contributed by atoms with Gasteiger partial charge < -0.3 is 15.3 Å². The molecule has 33 heavy (non-hydrogen) atoms. The Hall–Kier alpha value is -1.42. The van der Waals surface area contributed by atoms with E-state index in [1.807, 2.05) is 13.8 Å². The molecular formula is C20H40N4O9. The minimum atomic E-state index is -1.14. The van der Waals surface area contributed by atoms with E-state index < -0.39 is 24.6 Å². The van der Waals surface area contributed by atoms with E-state index >= 15 is 0 Å². The third-order valence-electron chi connectivity index (χ3n) is 6.21. The molecule has 1 aliphatic heterocycles. The number of carbonyl (C=O) groups is 2. The number of aliphatic hydroxyl groups is 1. The summed E-state index contributed by atoms with van der Waals surface area (Å²) < 4.78 is 0. The number of carboxylic acids is 2. The average Bonchev–Trinajstić information content (AvgIpc) is 2.75. The molecule has 13 heteroatoms. The van der Waals surface area contributed by atoms with Crippen LogP contribution in [0.5, 0.6) is 0 Å². The van der Waals surface area contributed by atoms with Crippen molar-refractivity contribution in [3.8, 4) is 0 Å². The summed E-state index contributed by atoms with van der Waals surface area (Å²) >= 11 is 0. The first-order valence-corrected chi connectivity index (χ1v) is 11.3. The second-order valence-electron chi connectivity index (χ2n) is 8.32. The molecule has 5 N–H and O–H groups in total. The van der Waals surface area contributed by atoms with Crippen LogP contribution < -0.4 is 0 Å². The molecular weight excluding hydrogens is 440 g/mol. The highest BCUT2D eigenvalue weighted by Crippen LogP contribution is 2.11. The van der Waals surface area contributed by atoms with E-state index in [2.05, 4.69) is 19.6 Å². The minimum Gasteiger partial charge on any atom is -0.480 e. The molecule has 0 aliphatic carbocycles. The van der Waals surface area contributed by atoms with Gasteiger partial charge in [-0.15, -0.1) is 0 Å². The maximum atomic E-state index is 11.7. The number of rotatable bonds is 12. The van der Waals surface area contributed by atoms with Crippen LogP contribution >= 0.6 is 0 Å². The van der Waals surface area contributed by atoms with Crippen LogP contribution in [0.1, 0.15) is 20.3 Å². The Kier molecular flexibility index (Phi) is 14.6. The maximum Gasteiger partial charge on any atom is 0.323 e. The van der Waals surface area contributed by atoms with E-state index in [1.165, 1.54) is 0 Å². The van der Waals surface area contributed by atoms with Crippen molar-refractivity contribution in [3.63, 3.8) is 0 Å². The summed E-state index contributed by atoms with van der Waals surface area (Å²) in [5.41, 5.74) is 0. The van der Waals surface area contributed by atoms with Gasteiger partial charge in [-0.25, -0.2) is 9.78 Å². The number of nitrogens with zero attached hydrogens (tertiary/aromatic N) is 4. The first-order chi connectivity index (χ1) is 15.8. The second kappa shape index (κ2) is 16.2. The van der Waals surface area contributed by atoms with Crippen LogP contribution in [0, 0.1) is 0 Å². The molecule has 3 atom stereocenters. The van der Waals surface area contributed by atoms with Crippen LogP contribution in [-0.4, -0.2) is 154 Å². The van der Waals surface area contributed by atoms with Crippen molar-refractivity contribution in [3.05, 3.63) is 0 Å². The van der Waals surface area contributed by atoms with Gasteiger partial charge in [-0.05, 0) is 13.3 Å². The number of aliphatic hydroxyl groups excluding tert-OH is 1. The number of aliphatic carboxylic acids is 2. The molecule has 194 valence electrons. The zero-order valence-electron chi connectivity index (χ0n) is 19.6. The summed E-state index contributed by atoms with van der Waals surface area (Å²) in [7, 11) is 0. The fourth-order valence-corrected chi connectivity index (χ4v) is 4.10. The molecule has 0 aromatic carbocycles. The lowest BCUT2D eigenvalue weighted by Crippen LogP contribution is -2.54. The summed E-state index contributed by atoms with van der Waals surface area (Å²) in [6.45, 7) is 6.77. The second-order valence-corrected chi connectivity index (χ2v) is 8.32. The number of carboxylic acid groups (broad SMARTS) is 2. The molecule has 1 fully saturated rings. The summed E-state index contributed by atoms with van der Waals surface area (Å²) in [6.07, 6.45) is 0.722. The normalized spacial score (nSPS) is 21.6. The number of hydrogen-bond acceptors (Lipinski definition) is 11. The Morgan fingerprint density at radius 2 is 1.36 bits per heavy atom. The molecule has 13 nitrogen and oxygen atoms in total. The molecule has 1 rings (SSSR count). The van der Waals surface area contributed by atoms with Crippen LogP contribution in [0.3, 0.4) is 0 Å². The van der Waals surface area contributed by atoms with Gasteiger partial charge in [0.25, 0.3) is 0 Å². The quantitative estimate of drug-likeness (QED) is 0.169. The van der Waals surface area contributed by atoms with E-state index in [0.717, 1.165) is 6.42 Å². The van der Waals surface area contributed by atoms with Crippen LogP contribution in [-0.2, 0) is 19.4 Å². The van der Waals surface area contributed by atoms with Gasteiger partial charge in [-0.3, -0.25) is 39.7 Å². The van der Waals surface area contributed by atoms with E-state index in [0.29, 0.717) is 45.8 Å². The predicted molar refractivity (Wildman–Crippen MR) is 118 cm³/mol. The molecule has 1 aliphatic rings. The Bertz CT molecular complexity index is 572. The predicted octanol–water partition coefficient (Wildman–Crippen LogP) is -1.12. The Morgan fingerprint density at radius 1 is 0.848 bits per heavy atom. The molecule has 3 unspecified atom stereocenters. The first kappa shape index (κ1) is 29.6. The average molecular weight is 481 g/mol. The van der Waals surface area contributed by atoms with Gasteiger partial charge in [0.15, 0.2) is 0 Å². The molecule has 0 spiro atoms. The lowest BCUT2D eigenvalue weighted by molar-refractivity contribution is -0.253. The zero-order chi connectivity index (χ0) is 24.8. The highest BCUT2D eigenvalue weighted by atomic mass is 17.1. The van der Waals surface area contributed by atoms with Crippen molar-refractivity contribution in [2.75, 3.05) is 78.7 Å². The monoisotopic (exact) mass is 480 g/mol. The first-order valence-electron chi connectivity index (χ1n) is 11.3. The lowest BCUT2D eigenvalue weighted by Gasteiger charge is -2.38. The van der Waals surface area contributed by atoms with Gasteiger partial charge in [0.1, 0.15) is 6.04 Å². The summed E-state index contributed by atoms with van der Waals surface area (Å²) in [5.74, 6) is -2.12. The fourth-order valence-electron chi connectivity index (χ4n) is 4.10. The van der Waals surface area contributed by atoms with Crippen LogP contribution in [0.15, 0.2) is 0 Å².